The molecule has 0 atom stereocenters. The van der Waals surface area contributed by atoms with Crippen molar-refractivity contribution in [2.45, 2.75) is 6.54 Å². The maximum atomic E-state index is 4.32. The van der Waals surface area contributed by atoms with Gasteiger partial charge in [0.15, 0.2) is 0 Å². The first-order valence-corrected chi connectivity index (χ1v) is 6.42. The molecule has 0 saturated carbocycles. The maximum absolute atomic E-state index is 4.32. The van der Waals surface area contributed by atoms with Crippen LogP contribution < -0.4 is 10.6 Å². The van der Waals surface area contributed by atoms with Crippen LogP contribution in [-0.2, 0) is 6.54 Å². The highest BCUT2D eigenvalue weighted by Gasteiger charge is 1.99. The minimum atomic E-state index is 0.761. The molecule has 4 nitrogen and oxygen atoms in total. The summed E-state index contributed by atoms with van der Waals surface area (Å²) in [6.07, 6.45) is 3.40. The van der Waals surface area contributed by atoms with Gasteiger partial charge >= 0.3 is 0 Å². The second-order valence-corrected chi connectivity index (χ2v) is 5.04. The van der Waals surface area contributed by atoms with Crippen molar-refractivity contribution in [3.05, 3.63) is 33.2 Å². The van der Waals surface area contributed by atoms with Crippen LogP contribution in [0.25, 0.3) is 0 Å². The van der Waals surface area contributed by atoms with E-state index in [1.165, 1.54) is 4.88 Å². The van der Waals surface area contributed by atoms with E-state index in [1.54, 1.807) is 23.7 Å². The van der Waals surface area contributed by atoms with Crippen LogP contribution in [0.2, 0.25) is 0 Å². The van der Waals surface area contributed by atoms with Gasteiger partial charge in [-0.2, -0.15) is 0 Å². The van der Waals surface area contributed by atoms with Crippen molar-refractivity contribution in [1.29, 1.82) is 0 Å². The molecule has 0 spiro atoms. The summed E-state index contributed by atoms with van der Waals surface area (Å²) in [5.41, 5.74) is 0. The molecule has 0 fully saturated rings. The SMILES string of the molecule is CNc1cncc(NCc2cc(Br)cs2)n1. The molecule has 2 rings (SSSR count). The minimum absolute atomic E-state index is 0.761. The largest absolute Gasteiger partial charge is 0.372 e. The number of rotatable bonds is 4. The van der Waals surface area contributed by atoms with E-state index in [1.807, 2.05) is 7.05 Å². The van der Waals surface area contributed by atoms with Crippen LogP contribution in [0.1, 0.15) is 4.88 Å². The number of nitrogens with zero attached hydrogens (tertiary/aromatic N) is 2. The fraction of sp³-hybridized carbons (Fsp3) is 0.200. The average molecular weight is 299 g/mol. The average Bonchev–Trinajstić information content (AvgIpc) is 2.73. The summed E-state index contributed by atoms with van der Waals surface area (Å²) in [5, 5.41) is 8.24. The molecule has 2 heterocycles. The van der Waals surface area contributed by atoms with Crippen LogP contribution in [0.5, 0.6) is 0 Å². The predicted molar refractivity (Wildman–Crippen MR) is 70.9 cm³/mol. The second-order valence-electron chi connectivity index (χ2n) is 3.12. The van der Waals surface area contributed by atoms with Gasteiger partial charge < -0.3 is 10.6 Å². The number of thiophene rings is 1. The molecule has 0 aliphatic rings. The number of aromatic nitrogens is 2. The molecule has 0 amide bonds. The van der Waals surface area contributed by atoms with Gasteiger partial charge in [-0.15, -0.1) is 11.3 Å². The molecular formula is C10H11BrN4S. The summed E-state index contributed by atoms with van der Waals surface area (Å²) in [6, 6.07) is 2.09. The van der Waals surface area contributed by atoms with Crippen molar-refractivity contribution in [3.63, 3.8) is 0 Å². The number of anilines is 2. The van der Waals surface area contributed by atoms with E-state index >= 15 is 0 Å². The van der Waals surface area contributed by atoms with Crippen LogP contribution >= 0.6 is 27.3 Å². The Labute approximate surface area is 106 Å². The molecular weight excluding hydrogens is 288 g/mol. The first kappa shape index (κ1) is 11.3. The molecule has 2 N–H and O–H groups in total. The lowest BCUT2D eigenvalue weighted by atomic mass is 10.4. The Balaban J connectivity index is 1.99. The zero-order valence-corrected chi connectivity index (χ0v) is 11.1. The van der Waals surface area contributed by atoms with Gasteiger partial charge in [0.2, 0.25) is 0 Å². The van der Waals surface area contributed by atoms with Crippen LogP contribution in [0.15, 0.2) is 28.3 Å². The van der Waals surface area contributed by atoms with Crippen molar-refractivity contribution in [2.24, 2.45) is 0 Å². The highest BCUT2D eigenvalue weighted by molar-refractivity contribution is 9.10. The van der Waals surface area contributed by atoms with Gasteiger partial charge in [0.25, 0.3) is 0 Å². The summed E-state index contributed by atoms with van der Waals surface area (Å²) in [4.78, 5) is 9.65. The Kier molecular flexibility index (Phi) is 3.74. The summed E-state index contributed by atoms with van der Waals surface area (Å²) in [6.45, 7) is 0.762. The standard InChI is InChI=1S/C10H11BrN4S/c1-12-9-4-13-5-10(15-9)14-3-8-2-7(11)6-16-8/h2,4-6H,3H2,1H3,(H2,12,14,15). The fourth-order valence-corrected chi connectivity index (χ4v) is 2.59. The van der Waals surface area contributed by atoms with E-state index in [0.29, 0.717) is 0 Å². The van der Waals surface area contributed by atoms with Gasteiger partial charge in [0.1, 0.15) is 11.6 Å². The third kappa shape index (κ3) is 2.93. The minimum Gasteiger partial charge on any atom is -0.372 e. The summed E-state index contributed by atoms with van der Waals surface area (Å²) < 4.78 is 1.12. The third-order valence-electron chi connectivity index (χ3n) is 1.96. The van der Waals surface area contributed by atoms with E-state index in [-0.39, 0.29) is 0 Å². The molecule has 0 aliphatic heterocycles. The van der Waals surface area contributed by atoms with Gasteiger partial charge in [0.05, 0.1) is 18.9 Å². The van der Waals surface area contributed by atoms with Crippen LogP contribution in [0.3, 0.4) is 0 Å². The quantitative estimate of drug-likeness (QED) is 0.911. The molecule has 0 aromatic carbocycles. The lowest BCUT2D eigenvalue weighted by molar-refractivity contribution is 1.10. The van der Waals surface area contributed by atoms with Gasteiger partial charge in [-0.05, 0) is 22.0 Å². The smallest absolute Gasteiger partial charge is 0.147 e. The molecule has 2 aromatic heterocycles. The van der Waals surface area contributed by atoms with E-state index in [2.05, 4.69) is 48.0 Å². The van der Waals surface area contributed by atoms with Crippen LogP contribution in [-0.4, -0.2) is 17.0 Å². The highest BCUT2D eigenvalue weighted by Crippen LogP contribution is 2.20. The van der Waals surface area contributed by atoms with Crippen molar-refractivity contribution in [1.82, 2.24) is 9.97 Å². The lowest BCUT2D eigenvalue weighted by Crippen LogP contribution is -2.02. The highest BCUT2D eigenvalue weighted by atomic mass is 79.9. The number of halogens is 1. The first-order chi connectivity index (χ1) is 7.78. The monoisotopic (exact) mass is 298 g/mol. The molecule has 84 valence electrons. The van der Waals surface area contributed by atoms with E-state index < -0.39 is 0 Å². The zero-order chi connectivity index (χ0) is 11.4. The fourth-order valence-electron chi connectivity index (χ4n) is 1.20. The van der Waals surface area contributed by atoms with Gasteiger partial charge in [0, 0.05) is 21.8 Å². The van der Waals surface area contributed by atoms with E-state index in [4.69, 9.17) is 0 Å². The molecule has 16 heavy (non-hydrogen) atoms. The molecule has 0 unspecified atom stereocenters. The Morgan fingerprint density at radius 2 is 2.19 bits per heavy atom. The summed E-state index contributed by atoms with van der Waals surface area (Å²) >= 11 is 5.13. The van der Waals surface area contributed by atoms with Crippen LogP contribution in [0.4, 0.5) is 11.6 Å². The second kappa shape index (κ2) is 5.27. The number of hydrogen-bond donors (Lipinski definition) is 2. The zero-order valence-electron chi connectivity index (χ0n) is 8.70. The molecule has 0 aliphatic carbocycles. The molecule has 2 aromatic rings. The summed E-state index contributed by atoms with van der Waals surface area (Å²) in [5.74, 6) is 1.54. The van der Waals surface area contributed by atoms with Crippen molar-refractivity contribution < 1.29 is 0 Å². The lowest BCUT2D eigenvalue weighted by Gasteiger charge is -2.04. The van der Waals surface area contributed by atoms with E-state index in [9.17, 15) is 0 Å². The number of hydrogen-bond acceptors (Lipinski definition) is 5. The Morgan fingerprint density at radius 1 is 1.38 bits per heavy atom. The number of nitrogens with one attached hydrogen (secondary N) is 2. The van der Waals surface area contributed by atoms with Gasteiger partial charge in [-0.25, -0.2) is 4.98 Å². The summed E-state index contributed by atoms with van der Waals surface area (Å²) in [7, 11) is 1.82. The Hall–Kier alpha value is -1.14. The molecule has 0 radical (unpaired) electrons. The Bertz CT molecular complexity index is 471. The molecule has 6 heteroatoms. The predicted octanol–water partition coefficient (Wildman–Crippen LogP) is 2.95. The van der Waals surface area contributed by atoms with Crippen LogP contribution in [0, 0.1) is 0 Å². The van der Waals surface area contributed by atoms with Gasteiger partial charge in [-0.3, -0.25) is 4.98 Å². The first-order valence-electron chi connectivity index (χ1n) is 4.74. The van der Waals surface area contributed by atoms with Crippen molar-refractivity contribution >= 4 is 38.9 Å². The van der Waals surface area contributed by atoms with Crippen molar-refractivity contribution in [3.8, 4) is 0 Å². The van der Waals surface area contributed by atoms with Crippen molar-refractivity contribution in [2.75, 3.05) is 17.7 Å². The van der Waals surface area contributed by atoms with E-state index in [0.717, 1.165) is 22.7 Å². The maximum Gasteiger partial charge on any atom is 0.147 e. The van der Waals surface area contributed by atoms with Gasteiger partial charge in [-0.1, -0.05) is 0 Å². The molecule has 0 bridgehead atoms. The third-order valence-corrected chi connectivity index (χ3v) is 3.65. The normalized spacial score (nSPS) is 10.1. The Morgan fingerprint density at radius 3 is 2.88 bits per heavy atom. The molecule has 0 saturated heterocycles. The topological polar surface area (TPSA) is 49.8 Å².